The second-order valence-electron chi connectivity index (χ2n) is 2.06. The molecule has 0 aliphatic heterocycles. The summed E-state index contributed by atoms with van der Waals surface area (Å²) in [6, 6.07) is 3.63. The Morgan fingerprint density at radius 1 is 1.80 bits per heavy atom. The molecule has 1 aromatic heterocycles. The van der Waals surface area contributed by atoms with E-state index in [0.717, 1.165) is 4.88 Å². The number of rotatable bonds is 2. The topological polar surface area (TPSA) is 40.1 Å². The van der Waals surface area contributed by atoms with E-state index in [-0.39, 0.29) is 0 Å². The lowest BCUT2D eigenvalue weighted by atomic mass is 10.1. The fourth-order valence-electron chi connectivity index (χ4n) is 0.654. The molecule has 0 saturated carbocycles. The maximum Gasteiger partial charge on any atom is 0.0494 e. The molecule has 0 N–H and O–H groups in total. The number of hydrogen-bond acceptors (Lipinski definition) is 3. The van der Waals surface area contributed by atoms with Crippen LogP contribution < -0.4 is 5.11 Å². The lowest BCUT2D eigenvalue weighted by Crippen LogP contribution is -2.27. The summed E-state index contributed by atoms with van der Waals surface area (Å²) in [5, 5.41) is 12.1. The zero-order chi connectivity index (χ0) is 7.56. The number of aliphatic carboxylic acids is 1. The van der Waals surface area contributed by atoms with Crippen LogP contribution in [-0.2, 0) is 4.79 Å². The van der Waals surface area contributed by atoms with Crippen LogP contribution in [0, 0.1) is 0 Å². The monoisotopic (exact) mass is 155 g/mol. The molecule has 0 saturated heterocycles. The minimum Gasteiger partial charge on any atom is -0.549 e. The Bertz CT molecular complexity index is 216. The first kappa shape index (κ1) is 7.28. The predicted molar refractivity (Wildman–Crippen MR) is 37.7 cm³/mol. The standard InChI is InChI=1S/C7H8O2S/c1-5(7(8)9)6-3-2-4-10-6/h2-5H,1H3,(H,8,9)/p-1. The van der Waals surface area contributed by atoms with E-state index in [1.165, 1.54) is 11.3 Å². The summed E-state index contributed by atoms with van der Waals surface area (Å²) in [6.07, 6.45) is 0. The summed E-state index contributed by atoms with van der Waals surface area (Å²) < 4.78 is 0. The second-order valence-corrected chi connectivity index (χ2v) is 3.04. The minimum atomic E-state index is -1.01. The molecule has 10 heavy (non-hydrogen) atoms. The van der Waals surface area contributed by atoms with Gasteiger partial charge < -0.3 is 9.90 Å². The van der Waals surface area contributed by atoms with E-state index in [4.69, 9.17) is 0 Å². The van der Waals surface area contributed by atoms with Gasteiger partial charge in [0.25, 0.3) is 0 Å². The quantitative estimate of drug-likeness (QED) is 0.627. The van der Waals surface area contributed by atoms with E-state index in [1.54, 1.807) is 13.0 Å². The summed E-state index contributed by atoms with van der Waals surface area (Å²) in [6.45, 7) is 1.63. The molecule has 0 aliphatic rings. The lowest BCUT2D eigenvalue weighted by Gasteiger charge is -2.08. The first-order valence-electron chi connectivity index (χ1n) is 2.96. The Morgan fingerprint density at radius 2 is 2.50 bits per heavy atom. The van der Waals surface area contributed by atoms with Crippen molar-refractivity contribution in [1.82, 2.24) is 0 Å². The average molecular weight is 155 g/mol. The van der Waals surface area contributed by atoms with Gasteiger partial charge in [0.1, 0.15) is 0 Å². The first-order chi connectivity index (χ1) is 4.72. The van der Waals surface area contributed by atoms with Crippen molar-refractivity contribution in [3.63, 3.8) is 0 Å². The van der Waals surface area contributed by atoms with Crippen LogP contribution in [0.2, 0.25) is 0 Å². The number of carbonyl (C=O) groups excluding carboxylic acids is 1. The normalized spacial score (nSPS) is 12.9. The van der Waals surface area contributed by atoms with Crippen molar-refractivity contribution in [2.75, 3.05) is 0 Å². The zero-order valence-corrected chi connectivity index (χ0v) is 6.35. The third kappa shape index (κ3) is 1.36. The fourth-order valence-corrected chi connectivity index (χ4v) is 1.43. The highest BCUT2D eigenvalue weighted by atomic mass is 32.1. The van der Waals surface area contributed by atoms with Gasteiger partial charge in [-0.05, 0) is 11.4 Å². The second kappa shape index (κ2) is 2.84. The van der Waals surface area contributed by atoms with Crippen molar-refractivity contribution in [1.29, 1.82) is 0 Å². The number of carboxylic acids is 1. The van der Waals surface area contributed by atoms with Gasteiger partial charge in [-0.1, -0.05) is 13.0 Å². The van der Waals surface area contributed by atoms with Crippen molar-refractivity contribution in [3.8, 4) is 0 Å². The van der Waals surface area contributed by atoms with E-state index in [2.05, 4.69) is 0 Å². The van der Waals surface area contributed by atoms with Gasteiger partial charge in [-0.3, -0.25) is 0 Å². The van der Waals surface area contributed by atoms with E-state index in [9.17, 15) is 9.90 Å². The molecule has 0 amide bonds. The van der Waals surface area contributed by atoms with Crippen molar-refractivity contribution in [2.24, 2.45) is 0 Å². The van der Waals surface area contributed by atoms with Crippen molar-refractivity contribution >= 4 is 17.3 Å². The Kier molecular flexibility index (Phi) is 2.06. The van der Waals surface area contributed by atoms with Gasteiger partial charge in [0.2, 0.25) is 0 Å². The van der Waals surface area contributed by atoms with Crippen LogP contribution in [0.15, 0.2) is 17.5 Å². The molecule has 2 nitrogen and oxygen atoms in total. The molecule has 0 fully saturated rings. The molecule has 0 bridgehead atoms. The maximum atomic E-state index is 10.3. The van der Waals surface area contributed by atoms with E-state index in [1.807, 2.05) is 11.4 Å². The largest absolute Gasteiger partial charge is 0.549 e. The van der Waals surface area contributed by atoms with E-state index < -0.39 is 11.9 Å². The first-order valence-corrected chi connectivity index (χ1v) is 3.84. The molecule has 3 heteroatoms. The molecule has 1 heterocycles. The molecule has 0 aliphatic carbocycles. The number of thiophene rings is 1. The molecule has 0 spiro atoms. The maximum absolute atomic E-state index is 10.3. The molecule has 0 aromatic carbocycles. The fraction of sp³-hybridized carbons (Fsp3) is 0.286. The van der Waals surface area contributed by atoms with Crippen LogP contribution in [-0.4, -0.2) is 5.97 Å². The third-order valence-corrected chi connectivity index (χ3v) is 2.38. The zero-order valence-electron chi connectivity index (χ0n) is 5.53. The Labute approximate surface area is 63.1 Å². The summed E-state index contributed by atoms with van der Waals surface area (Å²) in [5.41, 5.74) is 0. The van der Waals surface area contributed by atoms with Crippen LogP contribution in [0.1, 0.15) is 17.7 Å². The number of hydrogen-bond donors (Lipinski definition) is 0. The van der Waals surface area contributed by atoms with Gasteiger partial charge in [0.15, 0.2) is 0 Å². The van der Waals surface area contributed by atoms with Crippen LogP contribution in [0.5, 0.6) is 0 Å². The van der Waals surface area contributed by atoms with Gasteiger partial charge in [-0.25, -0.2) is 0 Å². The SMILES string of the molecule is CC(C(=O)[O-])c1cccs1. The van der Waals surface area contributed by atoms with Crippen molar-refractivity contribution in [2.45, 2.75) is 12.8 Å². The van der Waals surface area contributed by atoms with Crippen molar-refractivity contribution < 1.29 is 9.90 Å². The lowest BCUT2D eigenvalue weighted by molar-refractivity contribution is -0.307. The molecular formula is C7H7O2S-. The Morgan fingerprint density at radius 3 is 2.90 bits per heavy atom. The molecule has 1 unspecified atom stereocenters. The summed E-state index contributed by atoms with van der Waals surface area (Å²) in [5.74, 6) is -1.48. The summed E-state index contributed by atoms with van der Waals surface area (Å²) in [7, 11) is 0. The highest BCUT2D eigenvalue weighted by Gasteiger charge is 2.05. The van der Waals surface area contributed by atoms with E-state index in [0.29, 0.717) is 0 Å². The highest BCUT2D eigenvalue weighted by Crippen LogP contribution is 2.19. The van der Waals surface area contributed by atoms with Gasteiger partial charge in [-0.2, -0.15) is 0 Å². The van der Waals surface area contributed by atoms with Crippen molar-refractivity contribution in [3.05, 3.63) is 22.4 Å². The van der Waals surface area contributed by atoms with Crippen LogP contribution in [0.25, 0.3) is 0 Å². The Balaban J connectivity index is 2.77. The predicted octanol–water partition coefficient (Wildman–Crippen LogP) is 0.601. The number of carboxylic acid groups (broad SMARTS) is 1. The molecule has 0 radical (unpaired) electrons. The van der Waals surface area contributed by atoms with E-state index >= 15 is 0 Å². The molecule has 1 aromatic rings. The summed E-state index contributed by atoms with van der Waals surface area (Å²) in [4.78, 5) is 11.1. The molecule has 1 rings (SSSR count). The smallest absolute Gasteiger partial charge is 0.0494 e. The van der Waals surface area contributed by atoms with Gasteiger partial charge in [-0.15, -0.1) is 11.3 Å². The van der Waals surface area contributed by atoms with Crippen LogP contribution in [0.3, 0.4) is 0 Å². The summed E-state index contributed by atoms with van der Waals surface area (Å²) >= 11 is 1.44. The van der Waals surface area contributed by atoms with Gasteiger partial charge >= 0.3 is 0 Å². The third-order valence-electron chi connectivity index (χ3n) is 1.32. The minimum absolute atomic E-state index is 0.472. The molecule has 1 atom stereocenters. The van der Waals surface area contributed by atoms with Crippen LogP contribution >= 0.6 is 11.3 Å². The van der Waals surface area contributed by atoms with Gasteiger partial charge in [0, 0.05) is 16.8 Å². The van der Waals surface area contributed by atoms with Crippen LogP contribution in [0.4, 0.5) is 0 Å². The highest BCUT2D eigenvalue weighted by molar-refractivity contribution is 7.10. The molecule has 54 valence electrons. The Hall–Kier alpha value is -0.830. The van der Waals surface area contributed by atoms with Gasteiger partial charge in [0.05, 0.1) is 0 Å². The number of carbonyl (C=O) groups is 1. The molecular weight excluding hydrogens is 148 g/mol. The average Bonchev–Trinajstić information content (AvgIpc) is 2.36.